The van der Waals surface area contributed by atoms with Crippen molar-refractivity contribution in [2.75, 3.05) is 39.4 Å². The Hall–Kier alpha value is -3.19. The van der Waals surface area contributed by atoms with Crippen molar-refractivity contribution in [2.45, 2.75) is 89.8 Å². The zero-order chi connectivity index (χ0) is 43.7. The Labute approximate surface area is 328 Å². The molecule has 26 nitrogen and oxygen atoms in total. The van der Waals surface area contributed by atoms with E-state index in [1.165, 1.54) is 13.8 Å². The fourth-order valence-corrected chi connectivity index (χ4v) is 10.0. The van der Waals surface area contributed by atoms with E-state index in [9.17, 15) is 62.5 Å². The van der Waals surface area contributed by atoms with Crippen LogP contribution >= 0.6 is 23.0 Å². The first kappa shape index (κ1) is 49.2. The van der Waals surface area contributed by atoms with Crippen LogP contribution in [0.1, 0.15) is 40.8 Å². The predicted octanol–water partition coefficient (Wildman–Crippen LogP) is -1.40. The smallest absolute Gasteiger partial charge is 0.469 e. The molecule has 2 aliphatic heterocycles. The number of nitrogens with zero attached hydrogens (tertiary/aromatic N) is 1. The van der Waals surface area contributed by atoms with Gasteiger partial charge in [-0.15, -0.1) is 0 Å². The van der Waals surface area contributed by atoms with E-state index in [2.05, 4.69) is 9.63 Å². The van der Waals surface area contributed by atoms with Crippen LogP contribution in [0.5, 0.6) is 0 Å². The molecule has 1 aromatic heterocycles. The third-order valence-corrected chi connectivity index (χ3v) is 13.0. The summed E-state index contributed by atoms with van der Waals surface area (Å²) in [7, 11) is -14.5. The van der Waals surface area contributed by atoms with E-state index in [1.807, 2.05) is 4.98 Å². The SMILES string of the molecule is CCOP(=O)(CO[C@@H]1[C@@H](NC(C)=O)[C@@H](OP(=O)(O)OP(=O)(O)OC[C@H]2O[C@@H](n3ccc(=O)[nH]c3=O)[C@H](O)[C@@H]2O)O[C@H](COC(C)=O)[C@H]1OC(C)=O)CC(C)C(=O)OC. The van der Waals surface area contributed by atoms with Crippen molar-refractivity contribution < 1.29 is 99.2 Å². The molecule has 2 saturated heterocycles. The van der Waals surface area contributed by atoms with Crippen molar-refractivity contribution in [3.05, 3.63) is 33.1 Å². The van der Waals surface area contributed by atoms with E-state index >= 15 is 0 Å². The number of aliphatic hydroxyl groups excluding tert-OH is 2. The minimum absolute atomic E-state index is 0.137. The van der Waals surface area contributed by atoms with Gasteiger partial charge in [0, 0.05) is 39.2 Å². The number of nitrogens with one attached hydrogen (secondary N) is 2. The van der Waals surface area contributed by atoms with Gasteiger partial charge in [-0.2, -0.15) is 4.31 Å². The summed E-state index contributed by atoms with van der Waals surface area (Å²) >= 11 is 0. The van der Waals surface area contributed by atoms with Crippen LogP contribution in [0.2, 0.25) is 0 Å². The number of phosphoric ester groups is 2. The van der Waals surface area contributed by atoms with Gasteiger partial charge in [-0.25, -0.2) is 13.9 Å². The maximum absolute atomic E-state index is 13.9. The minimum Gasteiger partial charge on any atom is -0.469 e. The fourth-order valence-electron chi connectivity index (χ4n) is 5.71. The summed E-state index contributed by atoms with van der Waals surface area (Å²) in [5.41, 5.74) is -1.83. The normalized spacial score (nSPS) is 29.5. The second-order valence-electron chi connectivity index (χ2n) is 12.7. The first-order valence-corrected chi connectivity index (χ1v) is 22.1. The number of aliphatic hydroxyl groups is 2. The molecule has 0 aliphatic carbocycles. The average molecular weight is 898 g/mol. The number of hydrogen-bond donors (Lipinski definition) is 6. The van der Waals surface area contributed by atoms with E-state index < -0.39 is 145 Å². The molecule has 6 N–H and O–H groups in total. The number of rotatable bonds is 20. The van der Waals surface area contributed by atoms with E-state index in [0.717, 1.165) is 40.1 Å². The lowest BCUT2D eigenvalue weighted by atomic mass is 9.96. The van der Waals surface area contributed by atoms with Crippen molar-refractivity contribution in [3.63, 3.8) is 0 Å². The second kappa shape index (κ2) is 20.9. The monoisotopic (exact) mass is 897 g/mol. The molecule has 0 aromatic carbocycles. The van der Waals surface area contributed by atoms with Crippen LogP contribution in [-0.4, -0.2) is 142 Å². The van der Waals surface area contributed by atoms with Crippen molar-refractivity contribution in [2.24, 2.45) is 5.92 Å². The van der Waals surface area contributed by atoms with Gasteiger partial charge in [0.25, 0.3) is 5.56 Å². The number of aromatic amines is 1. The van der Waals surface area contributed by atoms with Crippen LogP contribution in [0.25, 0.3) is 0 Å². The number of esters is 3. The summed E-state index contributed by atoms with van der Waals surface area (Å²) in [5, 5.41) is 23.2. The summed E-state index contributed by atoms with van der Waals surface area (Å²) in [5.74, 6) is -4.45. The number of ether oxygens (including phenoxy) is 6. The summed E-state index contributed by atoms with van der Waals surface area (Å²) in [6, 6.07) is -0.922. The number of carbonyl (C=O) groups excluding carboxylic acids is 4. The molecule has 1 amide bonds. The molecular weight excluding hydrogens is 851 g/mol. The molecule has 29 heteroatoms. The number of H-pyrrole nitrogens is 1. The Morgan fingerprint density at radius 2 is 1.62 bits per heavy atom. The first-order valence-electron chi connectivity index (χ1n) is 17.1. The highest BCUT2D eigenvalue weighted by Crippen LogP contribution is 2.61. The van der Waals surface area contributed by atoms with E-state index in [1.54, 1.807) is 0 Å². The third kappa shape index (κ3) is 13.9. The van der Waals surface area contributed by atoms with Gasteiger partial charge in [0.15, 0.2) is 18.6 Å². The highest BCUT2D eigenvalue weighted by atomic mass is 31.3. The molecule has 4 unspecified atom stereocenters. The molecule has 0 bridgehead atoms. The van der Waals surface area contributed by atoms with Gasteiger partial charge in [0.2, 0.25) is 13.3 Å². The van der Waals surface area contributed by atoms with Gasteiger partial charge >= 0.3 is 39.2 Å². The van der Waals surface area contributed by atoms with Gasteiger partial charge in [0.05, 0.1) is 26.2 Å². The maximum Gasteiger partial charge on any atom is 0.483 e. The zero-order valence-electron chi connectivity index (χ0n) is 31.8. The standard InChI is InChI=1S/C29H46N3O23P3/c1-7-49-56(41,12-14(2)27(39)46-6)13-48-25-21(30-15(3)33)28(53-19(10-47-16(4)34)24(25)51-17(5)35)54-58(44,45)55-57(42,43)50-11-18-22(37)23(38)26(52-18)32-9-8-20(36)31-29(32)40/h8-9,14,18-19,21-26,28,37-38H,7,10-13H2,1-6H3,(H,30,33)(H,42,43)(H,44,45)(H,31,36,40)/t14?,18-,19-,21-,22-,23-,24-,25-,26-,28-,56?/m1/s1. The average Bonchev–Trinajstić information content (AvgIpc) is 3.38. The summed E-state index contributed by atoms with van der Waals surface area (Å²) in [6.45, 7) is 3.82. The molecular formula is C29H46N3O23P3. The number of aromatic nitrogens is 2. The van der Waals surface area contributed by atoms with Crippen molar-refractivity contribution in [1.29, 1.82) is 0 Å². The zero-order valence-corrected chi connectivity index (χ0v) is 34.5. The quantitative estimate of drug-likeness (QED) is 0.0498. The molecule has 58 heavy (non-hydrogen) atoms. The molecule has 1 aromatic rings. The van der Waals surface area contributed by atoms with E-state index in [0.29, 0.717) is 4.57 Å². The van der Waals surface area contributed by atoms with Gasteiger partial charge in [0.1, 0.15) is 49.5 Å². The number of amides is 1. The number of phosphoric acid groups is 2. The lowest BCUT2D eigenvalue weighted by Gasteiger charge is -2.45. The molecule has 13 atom stereocenters. The maximum atomic E-state index is 13.9. The number of hydrogen-bond acceptors (Lipinski definition) is 21. The van der Waals surface area contributed by atoms with Crippen molar-refractivity contribution in [3.8, 4) is 0 Å². The molecule has 0 radical (unpaired) electrons. The van der Waals surface area contributed by atoms with Crippen LogP contribution in [0, 0.1) is 5.92 Å². The Morgan fingerprint density at radius 1 is 0.948 bits per heavy atom. The summed E-state index contributed by atoms with van der Waals surface area (Å²) in [6.07, 6.45) is -14.7. The molecule has 0 spiro atoms. The van der Waals surface area contributed by atoms with E-state index in [4.69, 9.17) is 42.0 Å². The van der Waals surface area contributed by atoms with Gasteiger partial charge in [-0.3, -0.25) is 47.1 Å². The number of carbonyl (C=O) groups is 4. The molecule has 3 heterocycles. The molecule has 330 valence electrons. The first-order chi connectivity index (χ1) is 26.9. The lowest BCUT2D eigenvalue weighted by Crippen LogP contribution is -2.66. The molecule has 0 saturated carbocycles. The van der Waals surface area contributed by atoms with Gasteiger partial charge < -0.3 is 58.3 Å². The Morgan fingerprint density at radius 3 is 2.19 bits per heavy atom. The molecule has 2 fully saturated rings. The van der Waals surface area contributed by atoms with Crippen LogP contribution in [0.3, 0.4) is 0 Å². The predicted molar refractivity (Wildman–Crippen MR) is 188 cm³/mol. The minimum atomic E-state index is -5.91. The highest BCUT2D eigenvalue weighted by Gasteiger charge is 2.54. The lowest BCUT2D eigenvalue weighted by molar-refractivity contribution is -0.261. The largest absolute Gasteiger partial charge is 0.483 e. The van der Waals surface area contributed by atoms with Gasteiger partial charge in [-0.05, 0) is 6.92 Å². The Bertz CT molecular complexity index is 1890. The van der Waals surface area contributed by atoms with Crippen molar-refractivity contribution in [1.82, 2.24) is 14.9 Å². The van der Waals surface area contributed by atoms with Gasteiger partial charge in [-0.1, -0.05) is 6.92 Å². The van der Waals surface area contributed by atoms with Crippen LogP contribution in [-0.2, 0) is 79.2 Å². The molecule has 2 aliphatic rings. The molecule has 3 rings (SSSR count). The Balaban J connectivity index is 1.90. The second-order valence-corrected chi connectivity index (χ2v) is 18.2. The van der Waals surface area contributed by atoms with E-state index in [-0.39, 0.29) is 6.61 Å². The number of methoxy groups -OCH3 is 1. The Kier molecular flexibility index (Phi) is 17.7. The summed E-state index contributed by atoms with van der Waals surface area (Å²) in [4.78, 5) is 95.2. The van der Waals surface area contributed by atoms with Crippen LogP contribution in [0.15, 0.2) is 21.9 Å². The highest BCUT2D eigenvalue weighted by molar-refractivity contribution is 7.61. The summed E-state index contributed by atoms with van der Waals surface area (Å²) < 4.78 is 92.5. The third-order valence-electron chi connectivity index (χ3n) is 8.06. The topological polar surface area (TPSA) is 360 Å². The van der Waals surface area contributed by atoms with Crippen molar-refractivity contribution >= 4 is 46.8 Å². The van der Waals surface area contributed by atoms with Crippen LogP contribution in [0.4, 0.5) is 0 Å². The van der Waals surface area contributed by atoms with Crippen LogP contribution < -0.4 is 16.6 Å². The fraction of sp³-hybridized carbons (Fsp3) is 0.724.